The number of rotatable bonds is 7. The number of carbonyl (C=O) groups excluding carboxylic acids is 2. The van der Waals surface area contributed by atoms with Crippen LogP contribution in [0.1, 0.15) is 62.7 Å². The third-order valence-electron chi connectivity index (χ3n) is 4.45. The fraction of sp³-hybridized carbons (Fsp3) is 0.579. The second-order valence-corrected chi connectivity index (χ2v) is 6.58. The molecule has 0 aliphatic heterocycles. The number of hydrogen-bond acceptors (Lipinski definition) is 5. The Morgan fingerprint density at radius 3 is 2.68 bits per heavy atom. The van der Waals surface area contributed by atoms with Crippen molar-refractivity contribution >= 4 is 17.6 Å². The van der Waals surface area contributed by atoms with Gasteiger partial charge in [0, 0.05) is 6.04 Å². The molecular weight excluding hydrogens is 320 g/mol. The molecule has 1 aromatic rings. The van der Waals surface area contributed by atoms with Crippen molar-refractivity contribution in [2.45, 2.75) is 64.5 Å². The molecule has 1 atom stereocenters. The fourth-order valence-electron chi connectivity index (χ4n) is 2.75. The number of nitrogens with two attached hydrogens (primary N) is 1. The van der Waals surface area contributed by atoms with Gasteiger partial charge in [-0.1, -0.05) is 13.3 Å². The van der Waals surface area contributed by atoms with Crippen LogP contribution in [0.4, 0.5) is 5.69 Å². The predicted molar refractivity (Wildman–Crippen MR) is 96.5 cm³/mol. The molecule has 0 radical (unpaired) electrons. The number of amides is 1. The van der Waals surface area contributed by atoms with Gasteiger partial charge in [-0.25, -0.2) is 4.79 Å². The quantitative estimate of drug-likeness (QED) is 0.584. The number of nitrogen functional groups attached to an aromatic ring is 1. The van der Waals surface area contributed by atoms with Gasteiger partial charge in [-0.05, 0) is 57.2 Å². The summed E-state index contributed by atoms with van der Waals surface area (Å²) in [7, 11) is 0. The maximum Gasteiger partial charge on any atom is 0.338 e. The van der Waals surface area contributed by atoms with E-state index < -0.39 is 0 Å². The predicted octanol–water partition coefficient (Wildman–Crippen LogP) is 3.05. The van der Waals surface area contributed by atoms with Crippen LogP contribution >= 0.6 is 0 Å². The van der Waals surface area contributed by atoms with Gasteiger partial charge >= 0.3 is 5.97 Å². The molecule has 6 nitrogen and oxygen atoms in total. The molecule has 1 aliphatic rings. The Morgan fingerprint density at radius 1 is 1.28 bits per heavy atom. The highest BCUT2D eigenvalue weighted by Crippen LogP contribution is 2.25. The molecule has 1 aliphatic carbocycles. The van der Waals surface area contributed by atoms with E-state index >= 15 is 0 Å². The summed E-state index contributed by atoms with van der Waals surface area (Å²) in [5.41, 5.74) is 6.65. The highest BCUT2D eigenvalue weighted by atomic mass is 16.5. The van der Waals surface area contributed by atoms with Crippen LogP contribution in [0.5, 0.6) is 5.75 Å². The van der Waals surface area contributed by atoms with E-state index in [1.54, 1.807) is 12.1 Å². The van der Waals surface area contributed by atoms with Crippen LogP contribution in [0, 0.1) is 0 Å². The molecule has 1 aromatic carbocycles. The van der Waals surface area contributed by atoms with Crippen molar-refractivity contribution in [1.29, 1.82) is 0 Å². The van der Waals surface area contributed by atoms with Gasteiger partial charge in [0.05, 0.1) is 11.3 Å². The largest absolute Gasteiger partial charge is 0.482 e. The lowest BCUT2D eigenvalue weighted by Crippen LogP contribution is -2.35. The number of ether oxygens (including phenoxy) is 2. The molecule has 1 fully saturated rings. The summed E-state index contributed by atoms with van der Waals surface area (Å²) < 4.78 is 11.0. The number of benzene rings is 1. The van der Waals surface area contributed by atoms with Crippen molar-refractivity contribution in [2.75, 3.05) is 12.3 Å². The van der Waals surface area contributed by atoms with E-state index in [4.69, 9.17) is 15.2 Å². The van der Waals surface area contributed by atoms with Gasteiger partial charge in [0.25, 0.3) is 5.91 Å². The summed E-state index contributed by atoms with van der Waals surface area (Å²) in [4.78, 5) is 24.1. The highest BCUT2D eigenvalue weighted by Gasteiger charge is 2.19. The summed E-state index contributed by atoms with van der Waals surface area (Å²) >= 11 is 0. The zero-order valence-corrected chi connectivity index (χ0v) is 15.0. The minimum atomic E-state index is -0.374. The third-order valence-corrected chi connectivity index (χ3v) is 4.45. The van der Waals surface area contributed by atoms with Crippen LogP contribution in [0.3, 0.4) is 0 Å². The molecule has 1 amide bonds. The number of nitrogens with one attached hydrogen (secondary N) is 1. The molecule has 6 heteroatoms. The van der Waals surface area contributed by atoms with Crippen LogP contribution in [0.2, 0.25) is 0 Å². The van der Waals surface area contributed by atoms with Crippen molar-refractivity contribution in [3.8, 4) is 5.75 Å². The minimum absolute atomic E-state index is 0.00974. The standard InChI is InChI=1S/C19H28N2O4/c1-3-13(2)21-18(22)12-24-17-11-14(9-10-16(17)20)19(23)25-15-7-5-4-6-8-15/h9-11,13,15H,3-8,12,20H2,1-2H3,(H,21,22). The van der Waals surface area contributed by atoms with Gasteiger partial charge in [0.1, 0.15) is 11.9 Å². The molecule has 0 aromatic heterocycles. The van der Waals surface area contributed by atoms with E-state index in [-0.39, 0.29) is 30.6 Å². The first-order chi connectivity index (χ1) is 12.0. The monoisotopic (exact) mass is 348 g/mol. The van der Waals surface area contributed by atoms with Gasteiger partial charge in [-0.2, -0.15) is 0 Å². The first-order valence-electron chi connectivity index (χ1n) is 9.02. The number of esters is 1. The van der Waals surface area contributed by atoms with E-state index in [1.165, 1.54) is 12.5 Å². The molecule has 0 bridgehead atoms. The topological polar surface area (TPSA) is 90.6 Å². The molecule has 138 valence electrons. The summed E-state index contributed by atoms with van der Waals surface area (Å²) in [6.45, 7) is 3.77. The van der Waals surface area contributed by atoms with Crippen LogP contribution in [0.25, 0.3) is 0 Å². The summed E-state index contributed by atoms with van der Waals surface area (Å²) in [6.07, 6.45) is 6.06. The Morgan fingerprint density at radius 2 is 2.00 bits per heavy atom. The second kappa shape index (κ2) is 9.30. The summed E-state index contributed by atoms with van der Waals surface area (Å²) in [5.74, 6) is -0.276. The molecule has 1 unspecified atom stereocenters. The zero-order chi connectivity index (χ0) is 18.2. The average Bonchev–Trinajstić information content (AvgIpc) is 2.61. The van der Waals surface area contributed by atoms with E-state index in [0.717, 1.165) is 32.1 Å². The van der Waals surface area contributed by atoms with Crippen LogP contribution in [-0.4, -0.2) is 30.6 Å². The van der Waals surface area contributed by atoms with E-state index in [1.807, 2.05) is 13.8 Å². The molecule has 25 heavy (non-hydrogen) atoms. The van der Waals surface area contributed by atoms with Crippen LogP contribution in [0.15, 0.2) is 18.2 Å². The normalized spacial score (nSPS) is 16.1. The van der Waals surface area contributed by atoms with Crippen LogP contribution < -0.4 is 15.8 Å². The Hall–Kier alpha value is -2.24. The van der Waals surface area contributed by atoms with Gasteiger partial charge in [0.15, 0.2) is 6.61 Å². The summed E-state index contributed by atoms with van der Waals surface area (Å²) in [6, 6.07) is 4.84. The van der Waals surface area contributed by atoms with Crippen molar-refractivity contribution in [3.63, 3.8) is 0 Å². The molecule has 2 rings (SSSR count). The van der Waals surface area contributed by atoms with Crippen molar-refractivity contribution in [3.05, 3.63) is 23.8 Å². The van der Waals surface area contributed by atoms with Crippen molar-refractivity contribution in [1.82, 2.24) is 5.32 Å². The van der Waals surface area contributed by atoms with E-state index in [2.05, 4.69) is 5.32 Å². The number of carbonyl (C=O) groups is 2. The lowest BCUT2D eigenvalue weighted by Gasteiger charge is -2.22. The van der Waals surface area contributed by atoms with Gasteiger partial charge < -0.3 is 20.5 Å². The lowest BCUT2D eigenvalue weighted by molar-refractivity contribution is -0.123. The van der Waals surface area contributed by atoms with Crippen LogP contribution in [-0.2, 0) is 9.53 Å². The van der Waals surface area contributed by atoms with Crippen molar-refractivity contribution < 1.29 is 19.1 Å². The van der Waals surface area contributed by atoms with Crippen molar-refractivity contribution in [2.24, 2.45) is 0 Å². The number of hydrogen-bond donors (Lipinski definition) is 2. The maximum absolute atomic E-state index is 12.3. The second-order valence-electron chi connectivity index (χ2n) is 6.58. The minimum Gasteiger partial charge on any atom is -0.482 e. The SMILES string of the molecule is CCC(C)NC(=O)COc1cc(C(=O)OC2CCCCC2)ccc1N. The molecule has 1 saturated carbocycles. The number of anilines is 1. The third kappa shape index (κ3) is 5.96. The molecule has 0 saturated heterocycles. The molecule has 0 heterocycles. The van der Waals surface area contributed by atoms with Gasteiger partial charge in [-0.3, -0.25) is 4.79 Å². The first kappa shape index (κ1) is 19.1. The maximum atomic E-state index is 12.3. The van der Waals surface area contributed by atoms with Gasteiger partial charge in [0.2, 0.25) is 0 Å². The average molecular weight is 348 g/mol. The van der Waals surface area contributed by atoms with E-state index in [0.29, 0.717) is 17.0 Å². The summed E-state index contributed by atoms with van der Waals surface area (Å²) in [5, 5.41) is 2.81. The first-order valence-corrected chi connectivity index (χ1v) is 9.02. The van der Waals surface area contributed by atoms with E-state index in [9.17, 15) is 9.59 Å². The highest BCUT2D eigenvalue weighted by molar-refractivity contribution is 5.91. The smallest absolute Gasteiger partial charge is 0.338 e. The fourth-order valence-corrected chi connectivity index (χ4v) is 2.75. The molecular formula is C19H28N2O4. The Balaban J connectivity index is 1.94. The Bertz CT molecular complexity index is 597. The molecule has 0 spiro atoms. The zero-order valence-electron chi connectivity index (χ0n) is 15.0. The molecule has 3 N–H and O–H groups in total. The lowest BCUT2D eigenvalue weighted by atomic mass is 9.98. The Labute approximate surface area is 149 Å². The Kier molecular flexibility index (Phi) is 7.10. The van der Waals surface area contributed by atoms with Gasteiger partial charge in [-0.15, -0.1) is 0 Å².